The maximum absolute atomic E-state index is 13.1. The molecule has 2 aromatic rings. The number of nitrogens with one attached hydrogen (secondary N) is 1. The molecule has 1 N–H and O–H groups in total. The topological polar surface area (TPSA) is 91.7 Å². The van der Waals surface area contributed by atoms with Gasteiger partial charge in [0.15, 0.2) is 5.78 Å². The highest BCUT2D eigenvalue weighted by molar-refractivity contribution is 7.16. The molecule has 0 fully saturated rings. The fraction of sp³-hybridized carbons (Fsp3) is 0.391. The predicted octanol–water partition coefficient (Wildman–Crippen LogP) is 5.29. The summed E-state index contributed by atoms with van der Waals surface area (Å²) in [6.45, 7) is 0. The molecule has 2 unspecified atom stereocenters. The number of amidine groups is 1. The Labute approximate surface area is 183 Å². The van der Waals surface area contributed by atoms with Gasteiger partial charge in [-0.3, -0.25) is 15.1 Å². The molecule has 7 heteroatoms. The van der Waals surface area contributed by atoms with Crippen LogP contribution in [-0.4, -0.2) is 11.6 Å². The maximum Gasteiger partial charge on any atom is 0.161 e. The highest BCUT2D eigenvalue weighted by Gasteiger charge is 2.46. The van der Waals surface area contributed by atoms with Crippen molar-refractivity contribution in [2.75, 3.05) is 4.90 Å². The van der Waals surface area contributed by atoms with Gasteiger partial charge < -0.3 is 0 Å². The fourth-order valence-electron chi connectivity index (χ4n) is 5.01. The zero-order valence-corrected chi connectivity index (χ0v) is 18.0. The van der Waals surface area contributed by atoms with Crippen molar-refractivity contribution in [3.8, 4) is 12.1 Å². The van der Waals surface area contributed by atoms with Gasteiger partial charge in [0.05, 0.1) is 11.6 Å². The van der Waals surface area contributed by atoms with E-state index in [9.17, 15) is 15.3 Å². The first-order chi connectivity index (χ1) is 14.7. The minimum absolute atomic E-state index is 0.0761. The molecule has 5 rings (SSSR count). The van der Waals surface area contributed by atoms with Gasteiger partial charge in [-0.1, -0.05) is 6.07 Å². The molecule has 0 spiro atoms. The van der Waals surface area contributed by atoms with Gasteiger partial charge in [-0.15, -0.1) is 22.7 Å². The zero-order valence-electron chi connectivity index (χ0n) is 16.4. The standard InChI is InChI=1S/C23H20N4OS2/c24-11-14-13-5-1-2-8-18(13)30-23(14)27-16-6-3-7-17(28)21(16)20(15(12-25)22(27)26)19-9-4-10-29-19/h4,9-10,15,20,26H,1-3,5-8H2. The van der Waals surface area contributed by atoms with Crippen LogP contribution in [0.1, 0.15) is 58.9 Å². The van der Waals surface area contributed by atoms with Crippen LogP contribution in [0.2, 0.25) is 0 Å². The zero-order chi connectivity index (χ0) is 20.8. The highest BCUT2D eigenvalue weighted by atomic mass is 32.1. The van der Waals surface area contributed by atoms with Gasteiger partial charge in [-0.2, -0.15) is 10.5 Å². The van der Waals surface area contributed by atoms with E-state index in [0.29, 0.717) is 24.0 Å². The minimum atomic E-state index is -0.741. The Morgan fingerprint density at radius 3 is 2.70 bits per heavy atom. The molecule has 3 aliphatic rings. The average molecular weight is 433 g/mol. The van der Waals surface area contributed by atoms with Gasteiger partial charge in [-0.25, -0.2) is 0 Å². The highest BCUT2D eigenvalue weighted by Crippen LogP contribution is 2.50. The number of Topliss-reactive ketones (excluding diaryl/α,β-unsaturated/α-hetero) is 1. The summed E-state index contributed by atoms with van der Waals surface area (Å²) in [4.78, 5) is 17.1. The molecule has 0 bridgehead atoms. The lowest BCUT2D eigenvalue weighted by molar-refractivity contribution is -0.116. The van der Waals surface area contributed by atoms with Gasteiger partial charge in [0.2, 0.25) is 0 Å². The number of aryl methyl sites for hydroxylation is 1. The average Bonchev–Trinajstić information content (AvgIpc) is 3.40. The summed E-state index contributed by atoms with van der Waals surface area (Å²) in [5.41, 5.74) is 3.25. The number of fused-ring (bicyclic) bond motifs is 1. The number of allylic oxidation sites excluding steroid dienone is 2. The second-order valence-electron chi connectivity index (χ2n) is 7.96. The van der Waals surface area contributed by atoms with E-state index in [1.165, 1.54) is 16.2 Å². The van der Waals surface area contributed by atoms with Crippen molar-refractivity contribution in [3.63, 3.8) is 0 Å². The van der Waals surface area contributed by atoms with Crippen LogP contribution in [0.3, 0.4) is 0 Å². The van der Waals surface area contributed by atoms with E-state index in [-0.39, 0.29) is 17.5 Å². The Balaban J connectivity index is 1.75. The Morgan fingerprint density at radius 1 is 1.13 bits per heavy atom. The summed E-state index contributed by atoms with van der Waals surface area (Å²) in [5.74, 6) is -0.858. The Kier molecular flexibility index (Phi) is 4.81. The van der Waals surface area contributed by atoms with Crippen LogP contribution < -0.4 is 4.90 Å². The number of hydrogen-bond donors (Lipinski definition) is 1. The predicted molar refractivity (Wildman–Crippen MR) is 118 cm³/mol. The maximum atomic E-state index is 13.1. The molecule has 3 heterocycles. The molecule has 30 heavy (non-hydrogen) atoms. The molecule has 0 saturated heterocycles. The van der Waals surface area contributed by atoms with Crippen molar-refractivity contribution >= 4 is 39.3 Å². The van der Waals surface area contributed by atoms with Crippen LogP contribution >= 0.6 is 22.7 Å². The van der Waals surface area contributed by atoms with Crippen LogP contribution in [0, 0.1) is 34.0 Å². The third-order valence-corrected chi connectivity index (χ3v) is 8.57. The molecule has 0 aromatic carbocycles. The number of anilines is 1. The van der Waals surface area contributed by atoms with E-state index in [2.05, 4.69) is 12.1 Å². The van der Waals surface area contributed by atoms with Crippen molar-refractivity contribution < 1.29 is 4.79 Å². The number of carbonyl (C=O) groups is 1. The Morgan fingerprint density at radius 2 is 1.97 bits per heavy atom. The number of thiophene rings is 2. The lowest BCUT2D eigenvalue weighted by Gasteiger charge is -2.41. The SMILES string of the molecule is N#Cc1c(N2C(=N)C(C#N)C(c3cccs3)C3=C2CCCC3=O)sc2c1CCCC2. The van der Waals surface area contributed by atoms with Crippen LogP contribution in [0.5, 0.6) is 0 Å². The van der Waals surface area contributed by atoms with Gasteiger partial charge in [0.1, 0.15) is 22.8 Å². The number of rotatable bonds is 2. The molecule has 2 aliphatic carbocycles. The molecule has 2 atom stereocenters. The van der Waals surface area contributed by atoms with E-state index < -0.39 is 5.92 Å². The molecule has 2 aromatic heterocycles. The summed E-state index contributed by atoms with van der Waals surface area (Å²) < 4.78 is 0. The van der Waals surface area contributed by atoms with Crippen molar-refractivity contribution in [1.29, 1.82) is 15.9 Å². The van der Waals surface area contributed by atoms with Gasteiger partial charge in [0, 0.05) is 33.4 Å². The third kappa shape index (κ3) is 2.77. The molecule has 0 saturated carbocycles. The summed E-state index contributed by atoms with van der Waals surface area (Å²) in [5, 5.41) is 31.7. The van der Waals surface area contributed by atoms with Crippen molar-refractivity contribution in [2.45, 2.75) is 50.9 Å². The van der Waals surface area contributed by atoms with Crippen molar-refractivity contribution in [3.05, 3.63) is 49.7 Å². The smallest absolute Gasteiger partial charge is 0.161 e. The van der Waals surface area contributed by atoms with Gasteiger partial charge in [-0.05, 0) is 55.5 Å². The van der Waals surface area contributed by atoms with E-state index in [1.54, 1.807) is 16.2 Å². The summed E-state index contributed by atoms with van der Waals surface area (Å²) in [6.07, 6.45) is 5.94. The number of ketones is 1. The molecular formula is C23H20N4OS2. The van der Waals surface area contributed by atoms with Gasteiger partial charge in [0.25, 0.3) is 0 Å². The van der Waals surface area contributed by atoms with Crippen molar-refractivity contribution in [2.24, 2.45) is 5.92 Å². The van der Waals surface area contributed by atoms with Crippen LogP contribution in [-0.2, 0) is 17.6 Å². The summed E-state index contributed by atoms with van der Waals surface area (Å²) in [6, 6.07) is 8.59. The minimum Gasteiger partial charge on any atom is -0.294 e. The molecular weight excluding hydrogens is 412 g/mol. The first kappa shape index (κ1) is 19.2. The number of nitrogens with zero attached hydrogens (tertiary/aromatic N) is 3. The number of nitriles is 2. The third-order valence-electron chi connectivity index (χ3n) is 6.33. The monoisotopic (exact) mass is 432 g/mol. The van der Waals surface area contributed by atoms with E-state index in [4.69, 9.17) is 5.41 Å². The van der Waals surface area contributed by atoms with E-state index >= 15 is 0 Å². The number of carbonyl (C=O) groups excluding carboxylic acids is 1. The Bertz CT molecular complexity index is 1160. The normalized spacial score (nSPS) is 23.6. The molecule has 1 aliphatic heterocycles. The molecule has 0 radical (unpaired) electrons. The first-order valence-electron chi connectivity index (χ1n) is 10.3. The molecule has 150 valence electrons. The van der Waals surface area contributed by atoms with Gasteiger partial charge >= 0.3 is 0 Å². The largest absolute Gasteiger partial charge is 0.294 e. The van der Waals surface area contributed by atoms with E-state index in [0.717, 1.165) is 53.2 Å². The number of hydrogen-bond acceptors (Lipinski definition) is 6. The second-order valence-corrected chi connectivity index (χ2v) is 10.0. The fourth-order valence-corrected chi connectivity index (χ4v) is 7.26. The van der Waals surface area contributed by atoms with Crippen LogP contribution in [0.15, 0.2) is 28.8 Å². The summed E-state index contributed by atoms with van der Waals surface area (Å²) in [7, 11) is 0. The lowest BCUT2D eigenvalue weighted by atomic mass is 9.74. The van der Waals surface area contributed by atoms with Crippen molar-refractivity contribution in [1.82, 2.24) is 0 Å². The van der Waals surface area contributed by atoms with Crippen LogP contribution in [0.4, 0.5) is 5.00 Å². The summed E-state index contributed by atoms with van der Waals surface area (Å²) >= 11 is 3.11. The molecule has 0 amide bonds. The quantitative estimate of drug-likeness (QED) is 0.698. The lowest BCUT2D eigenvalue weighted by Crippen LogP contribution is -2.45. The van der Waals surface area contributed by atoms with E-state index in [1.807, 2.05) is 17.5 Å². The second kappa shape index (κ2) is 7.50. The Hall–Kier alpha value is -2.74. The molecule has 5 nitrogen and oxygen atoms in total. The first-order valence-corrected chi connectivity index (χ1v) is 12.0. The van der Waals surface area contributed by atoms with Crippen LogP contribution in [0.25, 0.3) is 0 Å².